The van der Waals surface area contributed by atoms with Gasteiger partial charge in [0.15, 0.2) is 0 Å². The fourth-order valence-corrected chi connectivity index (χ4v) is 5.40. The van der Waals surface area contributed by atoms with Crippen LogP contribution >= 0.6 is 0 Å². The number of benzene rings is 1. The second kappa shape index (κ2) is 17.8. The molecular weight excluding hydrogens is 579 g/mol. The standard InChI is InChI=1S/C32H38F3NO2.C3H6O2.C2H6/c1-6-24-13-21(2)14-26(24)15-22(3)37-19-23-9-7-10-25(16-23)28-18-36-30(17-29(28)32(33,34)35)38-20-31(4,5)27-11-8-12-27;1-2-5-3-4;1-2/h6-7,9-10,15-18,21,27H,3,8,11-14,19-20H2,1-2,4-5H3;3H,2H2,1H3;1-2H3/b24-6-,26-15-;;. The Bertz CT molecular complexity index is 1310. The summed E-state index contributed by atoms with van der Waals surface area (Å²) in [5, 5.41) is 0. The Morgan fingerprint density at radius 2 is 1.80 bits per heavy atom. The first-order valence-corrected chi connectivity index (χ1v) is 15.9. The molecule has 4 rings (SSSR count). The largest absolute Gasteiger partial charge is 0.490 e. The maximum Gasteiger partial charge on any atom is 0.417 e. The van der Waals surface area contributed by atoms with Gasteiger partial charge in [-0.05, 0) is 85.8 Å². The number of alkyl halides is 3. The highest BCUT2D eigenvalue weighted by Crippen LogP contribution is 2.43. The smallest absolute Gasteiger partial charge is 0.417 e. The molecule has 2 saturated carbocycles. The van der Waals surface area contributed by atoms with Crippen molar-refractivity contribution in [2.75, 3.05) is 13.2 Å². The van der Waals surface area contributed by atoms with E-state index in [1.165, 1.54) is 23.8 Å². The van der Waals surface area contributed by atoms with Gasteiger partial charge in [0, 0.05) is 23.2 Å². The van der Waals surface area contributed by atoms with Crippen molar-refractivity contribution < 1.29 is 32.2 Å². The number of pyridine rings is 1. The van der Waals surface area contributed by atoms with Gasteiger partial charge in [0.25, 0.3) is 6.47 Å². The van der Waals surface area contributed by atoms with Gasteiger partial charge < -0.3 is 14.2 Å². The number of carbonyl (C=O) groups is 1. The molecular formula is C37H50F3NO4. The van der Waals surface area contributed by atoms with Crippen molar-refractivity contribution in [2.24, 2.45) is 17.3 Å². The normalized spacial score (nSPS) is 18.2. The Morgan fingerprint density at radius 1 is 1.11 bits per heavy atom. The molecule has 8 heteroatoms. The first-order valence-electron chi connectivity index (χ1n) is 15.9. The molecule has 2 fully saturated rings. The van der Waals surface area contributed by atoms with Crippen LogP contribution in [0.5, 0.6) is 5.88 Å². The summed E-state index contributed by atoms with van der Waals surface area (Å²) >= 11 is 0. The predicted octanol–water partition coefficient (Wildman–Crippen LogP) is 10.5. The Labute approximate surface area is 267 Å². The maximum atomic E-state index is 14.1. The minimum Gasteiger partial charge on any atom is -0.490 e. The van der Waals surface area contributed by atoms with Crippen LogP contribution in [0.25, 0.3) is 11.1 Å². The highest BCUT2D eigenvalue weighted by Gasteiger charge is 2.36. The Hall–Kier alpha value is -3.55. The minimum absolute atomic E-state index is 0.000901. The van der Waals surface area contributed by atoms with E-state index in [1.54, 1.807) is 25.1 Å². The van der Waals surface area contributed by atoms with Gasteiger partial charge in [-0.1, -0.05) is 71.9 Å². The van der Waals surface area contributed by atoms with Crippen LogP contribution in [0.15, 0.2) is 72.2 Å². The summed E-state index contributed by atoms with van der Waals surface area (Å²) in [6.07, 6.45) is 6.33. The average Bonchev–Trinajstić information content (AvgIpc) is 3.34. The van der Waals surface area contributed by atoms with Gasteiger partial charge in [-0.25, -0.2) is 4.98 Å². The molecule has 2 aromatic rings. The molecule has 5 nitrogen and oxygen atoms in total. The molecule has 2 aliphatic carbocycles. The SMILES string of the molecule is C=C(/C=C1/CC(C)C/C1=C/C)OCc1cccc(-c2cnc(OCC(C)(C)C3CCC3)cc2C(F)(F)F)c1.CC.CCOC=O. The number of halogens is 3. The lowest BCUT2D eigenvalue weighted by Crippen LogP contribution is -2.35. The van der Waals surface area contributed by atoms with Gasteiger partial charge in [-0.2, -0.15) is 13.2 Å². The molecule has 45 heavy (non-hydrogen) atoms. The van der Waals surface area contributed by atoms with Gasteiger partial charge in [0.2, 0.25) is 5.88 Å². The number of hydrogen-bond acceptors (Lipinski definition) is 5. The van der Waals surface area contributed by atoms with E-state index in [0.29, 0.717) is 42.8 Å². The fourth-order valence-electron chi connectivity index (χ4n) is 5.40. The van der Waals surface area contributed by atoms with Crippen LogP contribution in [0.2, 0.25) is 0 Å². The molecule has 0 saturated heterocycles. The van der Waals surface area contributed by atoms with E-state index in [0.717, 1.165) is 37.3 Å². The van der Waals surface area contributed by atoms with E-state index in [-0.39, 0.29) is 23.5 Å². The van der Waals surface area contributed by atoms with E-state index in [9.17, 15) is 18.0 Å². The summed E-state index contributed by atoms with van der Waals surface area (Å²) in [6.45, 7) is 19.7. The molecule has 0 radical (unpaired) electrons. The zero-order valence-corrected chi connectivity index (χ0v) is 27.9. The molecule has 0 spiro atoms. The third-order valence-electron chi connectivity index (χ3n) is 8.12. The van der Waals surface area contributed by atoms with Gasteiger partial charge in [-0.3, -0.25) is 4.79 Å². The van der Waals surface area contributed by atoms with Crippen molar-refractivity contribution in [2.45, 2.75) is 93.4 Å². The topological polar surface area (TPSA) is 57.6 Å². The van der Waals surface area contributed by atoms with Crippen molar-refractivity contribution >= 4 is 6.47 Å². The van der Waals surface area contributed by atoms with E-state index in [4.69, 9.17) is 9.47 Å². The number of hydrogen-bond donors (Lipinski definition) is 0. The number of allylic oxidation sites excluding steroid dienone is 4. The predicted molar refractivity (Wildman–Crippen MR) is 174 cm³/mol. The third kappa shape index (κ3) is 11.4. The Balaban J connectivity index is 0.000000917. The van der Waals surface area contributed by atoms with Crippen LogP contribution in [0.4, 0.5) is 13.2 Å². The second-order valence-electron chi connectivity index (χ2n) is 12.0. The molecule has 2 aliphatic rings. The summed E-state index contributed by atoms with van der Waals surface area (Å²) < 4.78 is 58.0. The molecule has 1 aromatic carbocycles. The Kier molecular flexibility index (Phi) is 14.9. The summed E-state index contributed by atoms with van der Waals surface area (Å²) in [7, 11) is 0. The summed E-state index contributed by atoms with van der Waals surface area (Å²) in [4.78, 5) is 13.4. The summed E-state index contributed by atoms with van der Waals surface area (Å²) in [5.74, 6) is 1.68. The molecule has 0 N–H and O–H groups in total. The molecule has 1 unspecified atom stereocenters. The second-order valence-corrected chi connectivity index (χ2v) is 12.0. The number of rotatable bonds is 11. The first-order chi connectivity index (χ1) is 21.4. The molecule has 1 heterocycles. The van der Waals surface area contributed by atoms with Crippen LogP contribution < -0.4 is 4.74 Å². The van der Waals surface area contributed by atoms with Crippen molar-refractivity contribution in [1.82, 2.24) is 4.98 Å². The van der Waals surface area contributed by atoms with E-state index in [2.05, 4.69) is 43.1 Å². The quantitative estimate of drug-likeness (QED) is 0.183. The molecule has 0 bridgehead atoms. The number of nitrogens with zero attached hydrogens (tertiary/aromatic N) is 1. The summed E-state index contributed by atoms with van der Waals surface area (Å²) in [5.41, 5.74) is 2.89. The maximum absolute atomic E-state index is 14.1. The van der Waals surface area contributed by atoms with E-state index >= 15 is 0 Å². The monoisotopic (exact) mass is 629 g/mol. The highest BCUT2D eigenvalue weighted by molar-refractivity contribution is 5.68. The Morgan fingerprint density at radius 3 is 2.36 bits per heavy atom. The lowest BCUT2D eigenvalue weighted by molar-refractivity contribution is -0.137. The van der Waals surface area contributed by atoms with Gasteiger partial charge in [-0.15, -0.1) is 0 Å². The molecule has 248 valence electrons. The zero-order valence-electron chi connectivity index (χ0n) is 27.9. The fraction of sp³-hybridized carbons (Fsp3) is 0.514. The average molecular weight is 630 g/mol. The van der Waals surface area contributed by atoms with Crippen LogP contribution in [0.3, 0.4) is 0 Å². The first kappa shape index (κ1) is 37.6. The van der Waals surface area contributed by atoms with E-state index in [1.807, 2.05) is 32.9 Å². The minimum atomic E-state index is -4.55. The molecule has 1 atom stereocenters. The molecule has 0 amide bonds. The van der Waals surface area contributed by atoms with E-state index < -0.39 is 11.7 Å². The highest BCUT2D eigenvalue weighted by atomic mass is 19.4. The summed E-state index contributed by atoms with van der Waals surface area (Å²) in [6, 6.07) is 7.95. The van der Waals surface area contributed by atoms with Crippen molar-refractivity contribution in [3.8, 4) is 17.0 Å². The number of aromatic nitrogens is 1. The third-order valence-corrected chi connectivity index (χ3v) is 8.12. The van der Waals surface area contributed by atoms with Gasteiger partial charge >= 0.3 is 6.18 Å². The van der Waals surface area contributed by atoms with Crippen LogP contribution in [0.1, 0.15) is 91.7 Å². The lowest BCUT2D eigenvalue weighted by Gasteiger charge is -2.39. The van der Waals surface area contributed by atoms with Crippen LogP contribution in [-0.2, 0) is 27.1 Å². The molecule has 0 aliphatic heterocycles. The number of ether oxygens (including phenoxy) is 3. The zero-order chi connectivity index (χ0) is 33.6. The van der Waals surface area contributed by atoms with Crippen molar-refractivity contribution in [3.05, 3.63) is 83.3 Å². The van der Waals surface area contributed by atoms with Gasteiger partial charge in [0.1, 0.15) is 12.4 Å². The van der Waals surface area contributed by atoms with Gasteiger partial charge in [0.05, 0.1) is 18.8 Å². The van der Waals surface area contributed by atoms with Crippen LogP contribution in [0, 0.1) is 17.3 Å². The molecule has 1 aromatic heterocycles. The van der Waals surface area contributed by atoms with Crippen molar-refractivity contribution in [3.63, 3.8) is 0 Å². The lowest BCUT2D eigenvalue weighted by atomic mass is 9.68. The van der Waals surface area contributed by atoms with Crippen molar-refractivity contribution in [1.29, 1.82) is 0 Å². The van der Waals surface area contributed by atoms with Crippen LogP contribution in [-0.4, -0.2) is 24.7 Å². The number of carbonyl (C=O) groups excluding carboxylic acids is 1.